The van der Waals surface area contributed by atoms with E-state index in [1.54, 1.807) is 6.92 Å². The van der Waals surface area contributed by atoms with Crippen molar-refractivity contribution in [1.82, 2.24) is 4.72 Å². The van der Waals surface area contributed by atoms with Gasteiger partial charge in [-0.3, -0.25) is 9.52 Å². The van der Waals surface area contributed by atoms with Gasteiger partial charge in [-0.1, -0.05) is 27.2 Å². The standard InChI is InChI=1S/C9H20N2O3S/c1-4-6-15(13,14)11-9(12)8(10)7(3)5-2/h7-8H,4-6,10H2,1-3H3,(H,11,12). The molecule has 0 aromatic heterocycles. The molecular formula is C9H20N2O3S. The highest BCUT2D eigenvalue weighted by molar-refractivity contribution is 7.90. The van der Waals surface area contributed by atoms with Crippen LogP contribution in [0.15, 0.2) is 0 Å². The zero-order valence-electron chi connectivity index (χ0n) is 9.49. The highest BCUT2D eigenvalue weighted by Crippen LogP contribution is 2.05. The number of rotatable bonds is 6. The van der Waals surface area contributed by atoms with Crippen LogP contribution < -0.4 is 10.5 Å². The van der Waals surface area contributed by atoms with Crippen molar-refractivity contribution in [2.24, 2.45) is 11.7 Å². The van der Waals surface area contributed by atoms with E-state index in [0.717, 1.165) is 6.42 Å². The van der Waals surface area contributed by atoms with Crippen LogP contribution in [0.3, 0.4) is 0 Å². The van der Waals surface area contributed by atoms with Gasteiger partial charge in [0.1, 0.15) is 0 Å². The molecule has 0 saturated heterocycles. The maximum Gasteiger partial charge on any atom is 0.250 e. The second-order valence-electron chi connectivity index (χ2n) is 3.70. The van der Waals surface area contributed by atoms with E-state index in [1.165, 1.54) is 0 Å². The van der Waals surface area contributed by atoms with Gasteiger partial charge in [0.05, 0.1) is 11.8 Å². The number of nitrogens with one attached hydrogen (secondary N) is 1. The number of amides is 1. The minimum absolute atomic E-state index is 0.0261. The van der Waals surface area contributed by atoms with E-state index in [1.807, 2.05) is 18.6 Å². The Morgan fingerprint density at radius 2 is 1.93 bits per heavy atom. The molecule has 0 spiro atoms. The lowest BCUT2D eigenvalue weighted by Crippen LogP contribution is -2.47. The summed E-state index contributed by atoms with van der Waals surface area (Å²) >= 11 is 0. The van der Waals surface area contributed by atoms with Crippen molar-refractivity contribution in [2.45, 2.75) is 39.7 Å². The molecule has 2 unspecified atom stereocenters. The Labute approximate surface area is 91.5 Å². The fourth-order valence-electron chi connectivity index (χ4n) is 1.05. The van der Waals surface area contributed by atoms with Crippen LogP contribution in [0.5, 0.6) is 0 Å². The molecule has 0 fully saturated rings. The summed E-state index contributed by atoms with van der Waals surface area (Å²) < 4.78 is 24.5. The largest absolute Gasteiger partial charge is 0.320 e. The molecule has 1 amide bonds. The quantitative estimate of drug-likeness (QED) is 0.690. The van der Waals surface area contributed by atoms with Gasteiger partial charge in [0.25, 0.3) is 5.91 Å². The van der Waals surface area contributed by atoms with Gasteiger partial charge in [0, 0.05) is 0 Å². The maximum atomic E-state index is 11.4. The first-order chi connectivity index (χ1) is 6.84. The van der Waals surface area contributed by atoms with Crippen molar-refractivity contribution in [3.05, 3.63) is 0 Å². The third-order valence-electron chi connectivity index (χ3n) is 2.29. The Morgan fingerprint density at radius 3 is 2.33 bits per heavy atom. The minimum atomic E-state index is -3.50. The van der Waals surface area contributed by atoms with Gasteiger partial charge < -0.3 is 5.73 Å². The van der Waals surface area contributed by atoms with Gasteiger partial charge in [-0.25, -0.2) is 8.42 Å². The number of nitrogens with two attached hydrogens (primary N) is 1. The second kappa shape index (κ2) is 6.07. The molecule has 90 valence electrons. The first kappa shape index (κ1) is 14.4. The van der Waals surface area contributed by atoms with Crippen LogP contribution in [0.4, 0.5) is 0 Å². The van der Waals surface area contributed by atoms with E-state index in [4.69, 9.17) is 5.73 Å². The topological polar surface area (TPSA) is 89.3 Å². The number of sulfonamides is 1. The van der Waals surface area contributed by atoms with Crippen LogP contribution in [0, 0.1) is 5.92 Å². The van der Waals surface area contributed by atoms with Gasteiger partial charge in [-0.2, -0.15) is 0 Å². The van der Waals surface area contributed by atoms with Gasteiger partial charge in [0.2, 0.25) is 10.0 Å². The molecule has 0 heterocycles. The van der Waals surface area contributed by atoms with E-state index in [2.05, 4.69) is 0 Å². The van der Waals surface area contributed by atoms with Crippen LogP contribution in [-0.2, 0) is 14.8 Å². The lowest BCUT2D eigenvalue weighted by molar-refractivity contribution is -0.121. The molecule has 0 bridgehead atoms. The summed E-state index contributed by atoms with van der Waals surface area (Å²) in [6.07, 6.45) is 1.21. The van der Waals surface area contributed by atoms with Gasteiger partial charge >= 0.3 is 0 Å². The fourth-order valence-corrected chi connectivity index (χ4v) is 2.14. The van der Waals surface area contributed by atoms with Crippen LogP contribution in [-0.4, -0.2) is 26.1 Å². The van der Waals surface area contributed by atoms with Crippen molar-refractivity contribution < 1.29 is 13.2 Å². The highest BCUT2D eigenvalue weighted by Gasteiger charge is 2.23. The van der Waals surface area contributed by atoms with Crippen molar-refractivity contribution in [3.8, 4) is 0 Å². The molecule has 0 aliphatic rings. The van der Waals surface area contributed by atoms with Crippen molar-refractivity contribution >= 4 is 15.9 Å². The van der Waals surface area contributed by atoms with Crippen molar-refractivity contribution in [1.29, 1.82) is 0 Å². The van der Waals surface area contributed by atoms with Gasteiger partial charge in [-0.15, -0.1) is 0 Å². The van der Waals surface area contributed by atoms with E-state index in [0.29, 0.717) is 6.42 Å². The molecule has 0 rings (SSSR count). The molecular weight excluding hydrogens is 216 g/mol. The number of hydrogen-bond donors (Lipinski definition) is 2. The fraction of sp³-hybridized carbons (Fsp3) is 0.889. The summed E-state index contributed by atoms with van der Waals surface area (Å²) in [6, 6.07) is -0.762. The number of carbonyl (C=O) groups excluding carboxylic acids is 1. The van der Waals surface area contributed by atoms with Gasteiger partial charge in [-0.05, 0) is 12.3 Å². The van der Waals surface area contributed by atoms with Gasteiger partial charge in [0.15, 0.2) is 0 Å². The third kappa shape index (κ3) is 5.13. The summed E-state index contributed by atoms with van der Waals surface area (Å²) in [5, 5.41) is 0. The minimum Gasteiger partial charge on any atom is -0.320 e. The van der Waals surface area contributed by atoms with Crippen LogP contribution in [0.2, 0.25) is 0 Å². The van der Waals surface area contributed by atoms with Crippen LogP contribution in [0.1, 0.15) is 33.6 Å². The smallest absolute Gasteiger partial charge is 0.250 e. The van der Waals surface area contributed by atoms with E-state index < -0.39 is 22.0 Å². The predicted octanol–water partition coefficient (Wildman–Crippen LogP) is 0.216. The normalized spacial score (nSPS) is 15.7. The molecule has 5 nitrogen and oxygen atoms in total. The molecule has 0 saturated carbocycles. The molecule has 0 aromatic carbocycles. The SMILES string of the molecule is CCCS(=O)(=O)NC(=O)C(N)C(C)CC. The van der Waals surface area contributed by atoms with E-state index in [-0.39, 0.29) is 11.7 Å². The molecule has 0 aliphatic carbocycles. The summed E-state index contributed by atoms with van der Waals surface area (Å²) in [5.41, 5.74) is 5.60. The molecule has 2 atom stereocenters. The summed E-state index contributed by atoms with van der Waals surface area (Å²) in [4.78, 5) is 11.4. The van der Waals surface area contributed by atoms with Crippen molar-refractivity contribution in [2.75, 3.05) is 5.75 Å². The molecule has 6 heteroatoms. The van der Waals surface area contributed by atoms with E-state index in [9.17, 15) is 13.2 Å². The summed E-state index contributed by atoms with van der Waals surface area (Å²) in [7, 11) is -3.50. The highest BCUT2D eigenvalue weighted by atomic mass is 32.2. The van der Waals surface area contributed by atoms with Crippen molar-refractivity contribution in [3.63, 3.8) is 0 Å². The second-order valence-corrected chi connectivity index (χ2v) is 5.54. The Hall–Kier alpha value is -0.620. The maximum absolute atomic E-state index is 11.4. The lowest BCUT2D eigenvalue weighted by atomic mass is 10.00. The molecule has 0 aliphatic heterocycles. The van der Waals surface area contributed by atoms with Crippen LogP contribution >= 0.6 is 0 Å². The molecule has 3 N–H and O–H groups in total. The van der Waals surface area contributed by atoms with E-state index >= 15 is 0 Å². The lowest BCUT2D eigenvalue weighted by Gasteiger charge is -2.17. The Morgan fingerprint density at radius 1 is 1.40 bits per heavy atom. The zero-order valence-corrected chi connectivity index (χ0v) is 10.3. The zero-order chi connectivity index (χ0) is 12.1. The first-order valence-electron chi connectivity index (χ1n) is 5.14. The molecule has 0 aromatic rings. The number of hydrogen-bond acceptors (Lipinski definition) is 4. The molecule has 15 heavy (non-hydrogen) atoms. The van der Waals surface area contributed by atoms with Crippen LogP contribution in [0.25, 0.3) is 0 Å². The Bertz CT molecular complexity index is 300. The molecule has 0 radical (unpaired) electrons. The average Bonchev–Trinajstić information content (AvgIpc) is 2.14. The first-order valence-corrected chi connectivity index (χ1v) is 6.79. The number of carbonyl (C=O) groups is 1. The third-order valence-corrected chi connectivity index (χ3v) is 3.75. The summed E-state index contributed by atoms with van der Waals surface area (Å²) in [5.74, 6) is -0.689. The Balaban J connectivity index is 4.37. The summed E-state index contributed by atoms with van der Waals surface area (Å²) in [6.45, 7) is 5.45. The average molecular weight is 236 g/mol. The Kier molecular flexibility index (Phi) is 5.82. The monoisotopic (exact) mass is 236 g/mol. The predicted molar refractivity (Wildman–Crippen MR) is 59.7 cm³/mol.